The SMILES string of the molecule is CC(C)CCCCCCCCCCCCCCCOC(=O)CC(O)(CC(=O)O)C(=O)OCCCCCCCCCCCCCCCC(C)C. The monoisotopic (exact) mass is 697 g/mol. The molecule has 1 atom stereocenters. The molecule has 1 unspecified atom stereocenters. The van der Waals surface area contributed by atoms with Gasteiger partial charge < -0.3 is 19.7 Å². The van der Waals surface area contributed by atoms with Crippen molar-refractivity contribution in [3.05, 3.63) is 0 Å². The van der Waals surface area contributed by atoms with Gasteiger partial charge in [0.15, 0.2) is 5.60 Å². The molecule has 0 heterocycles. The molecular formula is C42H80O7. The molecule has 0 radical (unpaired) electrons. The number of carbonyl (C=O) groups is 3. The number of esters is 2. The van der Waals surface area contributed by atoms with Crippen LogP contribution in [0.15, 0.2) is 0 Å². The Morgan fingerprint density at radius 3 is 1.04 bits per heavy atom. The van der Waals surface area contributed by atoms with Crippen molar-refractivity contribution in [2.45, 2.75) is 226 Å². The molecule has 0 aromatic carbocycles. The standard InChI is InChI=1S/C42H80O7/c1-37(2)31-27-23-19-15-11-7-5-9-13-17-21-25-29-33-48-40(45)36-42(47,35-39(43)44)41(46)49-34-30-26-22-18-14-10-6-8-12-16-20-24-28-32-38(3)4/h37-38,47H,5-36H2,1-4H3,(H,43,44). The van der Waals surface area contributed by atoms with E-state index in [1.165, 1.54) is 135 Å². The molecule has 0 saturated carbocycles. The van der Waals surface area contributed by atoms with Crippen LogP contribution in [0.25, 0.3) is 0 Å². The van der Waals surface area contributed by atoms with Gasteiger partial charge in [0.1, 0.15) is 0 Å². The summed E-state index contributed by atoms with van der Waals surface area (Å²) in [6.07, 6.45) is 32.7. The van der Waals surface area contributed by atoms with E-state index in [2.05, 4.69) is 27.7 Å². The van der Waals surface area contributed by atoms with Crippen LogP contribution in [0.4, 0.5) is 0 Å². The first-order chi connectivity index (χ1) is 23.6. The molecule has 290 valence electrons. The van der Waals surface area contributed by atoms with Gasteiger partial charge in [0.2, 0.25) is 0 Å². The molecular weight excluding hydrogens is 616 g/mol. The molecule has 0 amide bonds. The summed E-state index contributed by atoms with van der Waals surface area (Å²) in [5.74, 6) is -1.56. The molecule has 7 nitrogen and oxygen atoms in total. The van der Waals surface area contributed by atoms with Gasteiger partial charge in [0.05, 0.1) is 26.1 Å². The normalized spacial score (nSPS) is 12.8. The van der Waals surface area contributed by atoms with Crippen LogP contribution in [-0.4, -0.2) is 46.9 Å². The highest BCUT2D eigenvalue weighted by atomic mass is 16.6. The van der Waals surface area contributed by atoms with E-state index in [9.17, 15) is 24.6 Å². The fourth-order valence-electron chi connectivity index (χ4n) is 6.43. The number of unbranched alkanes of at least 4 members (excludes halogenated alkanes) is 24. The van der Waals surface area contributed by atoms with Crippen LogP contribution in [0, 0.1) is 11.8 Å². The number of carbonyl (C=O) groups excluding carboxylic acids is 2. The highest BCUT2D eigenvalue weighted by Gasteiger charge is 2.42. The van der Waals surface area contributed by atoms with Crippen molar-refractivity contribution in [1.82, 2.24) is 0 Å². The molecule has 0 saturated heterocycles. The lowest BCUT2D eigenvalue weighted by molar-refractivity contribution is -0.176. The molecule has 0 fully saturated rings. The number of hydrogen-bond donors (Lipinski definition) is 2. The van der Waals surface area contributed by atoms with Gasteiger partial charge in [-0.1, -0.05) is 195 Å². The fraction of sp³-hybridized carbons (Fsp3) is 0.929. The molecule has 0 aromatic heterocycles. The largest absolute Gasteiger partial charge is 0.481 e. The maximum absolute atomic E-state index is 12.6. The number of rotatable bonds is 37. The molecule has 0 aliphatic heterocycles. The predicted molar refractivity (Wildman–Crippen MR) is 203 cm³/mol. The lowest BCUT2D eigenvalue weighted by Gasteiger charge is -2.23. The van der Waals surface area contributed by atoms with E-state index in [1.54, 1.807) is 0 Å². The third-order valence-corrected chi connectivity index (χ3v) is 9.61. The second-order valence-corrected chi connectivity index (χ2v) is 15.7. The summed E-state index contributed by atoms with van der Waals surface area (Å²) in [6, 6.07) is 0. The van der Waals surface area contributed by atoms with E-state index in [0.29, 0.717) is 12.8 Å². The zero-order valence-electron chi connectivity index (χ0n) is 32.7. The first-order valence-corrected chi connectivity index (χ1v) is 20.8. The highest BCUT2D eigenvalue weighted by molar-refractivity contribution is 5.89. The van der Waals surface area contributed by atoms with Crippen molar-refractivity contribution in [1.29, 1.82) is 0 Å². The Morgan fingerprint density at radius 1 is 0.449 bits per heavy atom. The molecule has 0 aliphatic carbocycles. The lowest BCUT2D eigenvalue weighted by Crippen LogP contribution is -2.44. The molecule has 0 bridgehead atoms. The van der Waals surface area contributed by atoms with E-state index in [0.717, 1.165) is 43.9 Å². The van der Waals surface area contributed by atoms with Crippen LogP contribution in [-0.2, 0) is 23.9 Å². The van der Waals surface area contributed by atoms with Crippen LogP contribution in [0.3, 0.4) is 0 Å². The van der Waals surface area contributed by atoms with Crippen LogP contribution < -0.4 is 0 Å². The Labute approximate surface area is 302 Å². The number of carboxylic acids is 1. The van der Waals surface area contributed by atoms with Gasteiger partial charge >= 0.3 is 17.9 Å². The van der Waals surface area contributed by atoms with Gasteiger partial charge in [0.25, 0.3) is 0 Å². The third kappa shape index (κ3) is 33.3. The topological polar surface area (TPSA) is 110 Å². The third-order valence-electron chi connectivity index (χ3n) is 9.61. The zero-order valence-corrected chi connectivity index (χ0v) is 32.7. The van der Waals surface area contributed by atoms with Gasteiger partial charge in [-0.25, -0.2) is 4.79 Å². The summed E-state index contributed by atoms with van der Waals surface area (Å²) >= 11 is 0. The Bertz CT molecular complexity index is 781. The Balaban J connectivity index is 3.84. The lowest BCUT2D eigenvalue weighted by atomic mass is 9.95. The maximum atomic E-state index is 12.6. The Morgan fingerprint density at radius 2 is 0.735 bits per heavy atom. The van der Waals surface area contributed by atoms with Crippen molar-refractivity contribution < 1.29 is 34.1 Å². The minimum Gasteiger partial charge on any atom is -0.481 e. The molecule has 0 spiro atoms. The van der Waals surface area contributed by atoms with Gasteiger partial charge in [-0.3, -0.25) is 9.59 Å². The zero-order chi connectivity index (χ0) is 36.4. The smallest absolute Gasteiger partial charge is 0.339 e. The summed E-state index contributed by atoms with van der Waals surface area (Å²) in [5, 5.41) is 20.0. The number of carboxylic acid groups (broad SMARTS) is 1. The molecule has 2 N–H and O–H groups in total. The van der Waals surface area contributed by atoms with Crippen molar-refractivity contribution >= 4 is 17.9 Å². The quantitative estimate of drug-likeness (QED) is 0.0491. The summed E-state index contributed by atoms with van der Waals surface area (Å²) in [7, 11) is 0. The summed E-state index contributed by atoms with van der Waals surface area (Å²) < 4.78 is 10.4. The summed E-state index contributed by atoms with van der Waals surface area (Å²) in [4.78, 5) is 36.3. The molecule has 0 aliphatic rings. The second-order valence-electron chi connectivity index (χ2n) is 15.7. The Hall–Kier alpha value is -1.63. The van der Waals surface area contributed by atoms with Crippen molar-refractivity contribution in [3.8, 4) is 0 Å². The van der Waals surface area contributed by atoms with E-state index in [1.807, 2.05) is 0 Å². The molecule has 49 heavy (non-hydrogen) atoms. The number of ether oxygens (including phenoxy) is 2. The minimum absolute atomic E-state index is 0.103. The Kier molecular flexibility index (Phi) is 32.4. The van der Waals surface area contributed by atoms with Gasteiger partial charge in [-0.05, 0) is 24.7 Å². The van der Waals surface area contributed by atoms with E-state index < -0.39 is 36.4 Å². The van der Waals surface area contributed by atoms with Gasteiger partial charge in [-0.15, -0.1) is 0 Å². The van der Waals surface area contributed by atoms with Crippen molar-refractivity contribution in [2.24, 2.45) is 11.8 Å². The van der Waals surface area contributed by atoms with E-state index in [4.69, 9.17) is 9.47 Å². The first kappa shape index (κ1) is 47.4. The molecule has 0 aromatic rings. The number of aliphatic hydroxyl groups is 1. The molecule has 7 heteroatoms. The van der Waals surface area contributed by atoms with Crippen LogP contribution in [0.1, 0.15) is 220 Å². The van der Waals surface area contributed by atoms with Gasteiger partial charge in [-0.2, -0.15) is 0 Å². The number of hydrogen-bond acceptors (Lipinski definition) is 6. The predicted octanol–water partition coefficient (Wildman–Crippen LogP) is 11.9. The van der Waals surface area contributed by atoms with E-state index in [-0.39, 0.29) is 13.2 Å². The average molecular weight is 697 g/mol. The average Bonchev–Trinajstić information content (AvgIpc) is 3.03. The van der Waals surface area contributed by atoms with Crippen LogP contribution >= 0.6 is 0 Å². The number of aliphatic carboxylic acids is 1. The van der Waals surface area contributed by atoms with Gasteiger partial charge in [0, 0.05) is 0 Å². The minimum atomic E-state index is -2.41. The van der Waals surface area contributed by atoms with Crippen molar-refractivity contribution in [3.63, 3.8) is 0 Å². The second kappa shape index (κ2) is 33.5. The summed E-state index contributed by atoms with van der Waals surface area (Å²) in [6.45, 7) is 9.49. The van der Waals surface area contributed by atoms with Crippen LogP contribution in [0.5, 0.6) is 0 Å². The summed E-state index contributed by atoms with van der Waals surface area (Å²) in [5.41, 5.74) is -2.41. The maximum Gasteiger partial charge on any atom is 0.339 e. The fourth-order valence-corrected chi connectivity index (χ4v) is 6.43. The van der Waals surface area contributed by atoms with Crippen molar-refractivity contribution in [2.75, 3.05) is 13.2 Å². The molecule has 0 rings (SSSR count). The first-order valence-electron chi connectivity index (χ1n) is 20.8. The van der Waals surface area contributed by atoms with Crippen LogP contribution in [0.2, 0.25) is 0 Å². The highest BCUT2D eigenvalue weighted by Crippen LogP contribution is 2.21. The van der Waals surface area contributed by atoms with E-state index >= 15 is 0 Å².